The van der Waals surface area contributed by atoms with E-state index in [1.54, 1.807) is 30.6 Å². The fourth-order valence-electron chi connectivity index (χ4n) is 6.80. The van der Waals surface area contributed by atoms with Gasteiger partial charge in [-0.15, -0.1) is 0 Å². The molecule has 1 N–H and O–H groups in total. The molecule has 2 aromatic heterocycles. The molecule has 5 rings (SSSR count). The van der Waals surface area contributed by atoms with Crippen LogP contribution in [0.4, 0.5) is 4.79 Å². The zero-order valence-electron chi connectivity index (χ0n) is 33.2. The van der Waals surface area contributed by atoms with Crippen LogP contribution in [0.1, 0.15) is 79.1 Å². The number of nitrogens with zero attached hydrogens (tertiary/aromatic N) is 4. The van der Waals surface area contributed by atoms with E-state index in [4.69, 9.17) is 35.6 Å². The van der Waals surface area contributed by atoms with Gasteiger partial charge in [-0.3, -0.25) is 4.68 Å². The number of rotatable bonds is 16. The molecule has 0 aliphatic rings. The number of aryl methyl sites for hydroxylation is 5. The minimum atomic E-state index is -0.631. The van der Waals surface area contributed by atoms with Crippen molar-refractivity contribution >= 4 is 34.6 Å². The van der Waals surface area contributed by atoms with E-state index in [1.165, 1.54) is 0 Å². The molecular formula is C43H53ClN4O7. The molecule has 12 heteroatoms. The second-order valence-corrected chi connectivity index (χ2v) is 15.0. The van der Waals surface area contributed by atoms with Crippen LogP contribution >= 0.6 is 11.6 Å². The van der Waals surface area contributed by atoms with Crippen LogP contribution in [0.5, 0.6) is 11.5 Å². The first-order valence-corrected chi connectivity index (χ1v) is 19.1. The summed E-state index contributed by atoms with van der Waals surface area (Å²) in [5, 5.41) is 17.1. The van der Waals surface area contributed by atoms with Crippen LogP contribution < -0.4 is 9.47 Å². The number of esters is 1. The van der Waals surface area contributed by atoms with Gasteiger partial charge in [-0.25, -0.2) is 9.59 Å². The van der Waals surface area contributed by atoms with Crippen molar-refractivity contribution in [1.29, 1.82) is 0 Å². The first-order valence-electron chi connectivity index (χ1n) is 18.7. The number of amides is 1. The molecule has 3 aromatic carbocycles. The van der Waals surface area contributed by atoms with Crippen LogP contribution in [0, 0.1) is 13.8 Å². The molecule has 11 nitrogen and oxygen atoms in total. The molecule has 0 radical (unpaired) electrons. The fourth-order valence-corrected chi connectivity index (χ4v) is 6.91. The van der Waals surface area contributed by atoms with Crippen LogP contribution in [0.2, 0.25) is 5.02 Å². The molecular weight excluding hydrogens is 720 g/mol. The van der Waals surface area contributed by atoms with Gasteiger partial charge < -0.3 is 33.5 Å². The second kappa shape index (κ2) is 18.1. The summed E-state index contributed by atoms with van der Waals surface area (Å²) >= 11 is 6.40. The third kappa shape index (κ3) is 9.82. The number of aromatic nitrogens is 3. The number of aliphatic hydroxyl groups excluding tert-OH is 1. The molecule has 0 saturated carbocycles. The van der Waals surface area contributed by atoms with E-state index in [9.17, 15) is 14.7 Å². The number of carbonyl (C=O) groups is 2. The van der Waals surface area contributed by atoms with Gasteiger partial charge in [-0.2, -0.15) is 5.10 Å². The Labute approximate surface area is 328 Å². The Morgan fingerprint density at radius 2 is 1.67 bits per heavy atom. The van der Waals surface area contributed by atoms with Crippen molar-refractivity contribution in [2.45, 2.75) is 86.2 Å². The maximum absolute atomic E-state index is 14.0. The van der Waals surface area contributed by atoms with Gasteiger partial charge in [-0.1, -0.05) is 48.0 Å². The molecule has 55 heavy (non-hydrogen) atoms. The molecule has 0 aliphatic heterocycles. The molecule has 0 atom stereocenters. The highest BCUT2D eigenvalue weighted by Gasteiger charge is 2.29. The van der Waals surface area contributed by atoms with E-state index in [-0.39, 0.29) is 19.8 Å². The number of fused-ring (bicyclic) bond motifs is 1. The van der Waals surface area contributed by atoms with Gasteiger partial charge in [0.25, 0.3) is 0 Å². The minimum Gasteiger partial charge on any atom is -0.494 e. The van der Waals surface area contributed by atoms with Crippen LogP contribution in [0.3, 0.4) is 0 Å². The number of benzene rings is 3. The average molecular weight is 773 g/mol. The van der Waals surface area contributed by atoms with Crippen molar-refractivity contribution in [2.75, 3.05) is 26.8 Å². The van der Waals surface area contributed by atoms with Crippen molar-refractivity contribution in [3.05, 3.63) is 99.5 Å². The van der Waals surface area contributed by atoms with Gasteiger partial charge in [0.15, 0.2) is 0 Å². The summed E-state index contributed by atoms with van der Waals surface area (Å²) in [6, 6.07) is 19.3. The van der Waals surface area contributed by atoms with E-state index in [2.05, 4.69) is 0 Å². The molecule has 2 heterocycles. The predicted molar refractivity (Wildman–Crippen MR) is 215 cm³/mol. The molecule has 0 unspecified atom stereocenters. The maximum Gasteiger partial charge on any atom is 0.410 e. The number of carbonyl (C=O) groups excluding carboxylic acids is 2. The van der Waals surface area contributed by atoms with Crippen molar-refractivity contribution in [1.82, 2.24) is 19.2 Å². The fraction of sp³-hybridized carbons (Fsp3) is 0.419. The lowest BCUT2D eigenvalue weighted by atomic mass is 9.98. The number of ether oxygens (including phenoxy) is 4. The van der Waals surface area contributed by atoms with E-state index >= 15 is 0 Å². The lowest BCUT2D eigenvalue weighted by Gasteiger charge is -2.24. The van der Waals surface area contributed by atoms with Crippen molar-refractivity contribution < 1.29 is 33.6 Å². The lowest BCUT2D eigenvalue weighted by molar-refractivity contribution is 0.0294. The lowest BCUT2D eigenvalue weighted by Crippen LogP contribution is -2.35. The van der Waals surface area contributed by atoms with Crippen LogP contribution in [0.15, 0.2) is 60.7 Å². The topological polar surface area (TPSA) is 117 Å². The molecule has 0 bridgehead atoms. The Morgan fingerprint density at radius 3 is 2.33 bits per heavy atom. The number of para-hydroxylation sites is 2. The molecule has 0 fully saturated rings. The Hall–Kier alpha value is -5.00. The monoisotopic (exact) mass is 772 g/mol. The summed E-state index contributed by atoms with van der Waals surface area (Å²) in [6.07, 6.45) is 1.23. The number of hydrogen-bond donors (Lipinski definition) is 1. The highest BCUT2D eigenvalue weighted by Crippen LogP contribution is 2.39. The summed E-state index contributed by atoms with van der Waals surface area (Å²) in [7, 11) is 3.50. The standard InChI is InChI=1S/C43H53ClN4O7/c1-9-52-41(50)40-33(20-14-23-53-31-24-28(2)38(44)29(3)25-31)32-18-13-19-34(39(32)48(40)22-15-21-46(7)42(51)55-43(4,5)6)37-35(45-47(8)36(37)26-49)27-54-30-16-11-10-12-17-30/h10-13,16-19,24-25,49H,9,14-15,20-23,26-27H2,1-8H3. The van der Waals surface area contributed by atoms with Crippen LogP contribution in [-0.4, -0.2) is 68.8 Å². The zero-order valence-corrected chi connectivity index (χ0v) is 34.0. The van der Waals surface area contributed by atoms with Crippen molar-refractivity contribution in [3.8, 4) is 22.6 Å². The largest absolute Gasteiger partial charge is 0.494 e. The van der Waals surface area contributed by atoms with Crippen LogP contribution in [0.25, 0.3) is 22.0 Å². The highest BCUT2D eigenvalue weighted by atomic mass is 35.5. The third-order valence-corrected chi connectivity index (χ3v) is 9.86. The summed E-state index contributed by atoms with van der Waals surface area (Å²) in [6.45, 7) is 12.5. The van der Waals surface area contributed by atoms with Gasteiger partial charge in [-0.05, 0) is 102 Å². The normalized spacial score (nSPS) is 11.5. The first kappa shape index (κ1) is 41.2. The SMILES string of the molecule is CCOC(=O)c1c(CCCOc2cc(C)c(Cl)c(C)c2)c2cccc(-c3c(COc4ccccc4)nn(C)c3CO)c2n1CCCN(C)C(=O)OC(C)(C)C. The van der Waals surface area contributed by atoms with Gasteiger partial charge in [0.1, 0.15) is 35.1 Å². The quantitative estimate of drug-likeness (QED) is 0.0782. The van der Waals surface area contributed by atoms with Gasteiger partial charge >= 0.3 is 12.1 Å². The van der Waals surface area contributed by atoms with E-state index < -0.39 is 17.7 Å². The molecule has 5 aromatic rings. The molecule has 0 aliphatic carbocycles. The highest BCUT2D eigenvalue weighted by molar-refractivity contribution is 6.32. The Bertz CT molecular complexity index is 2090. The zero-order chi connectivity index (χ0) is 39.9. The van der Waals surface area contributed by atoms with Gasteiger partial charge in [0.05, 0.1) is 31.0 Å². The second-order valence-electron chi connectivity index (χ2n) is 14.6. The van der Waals surface area contributed by atoms with Crippen molar-refractivity contribution in [2.24, 2.45) is 7.05 Å². The minimum absolute atomic E-state index is 0.156. The summed E-state index contributed by atoms with van der Waals surface area (Å²) in [5.74, 6) is 0.992. The van der Waals surface area contributed by atoms with Gasteiger partial charge in [0.2, 0.25) is 0 Å². The Balaban J connectivity index is 1.59. The molecule has 0 saturated heterocycles. The Morgan fingerprint density at radius 1 is 0.964 bits per heavy atom. The van der Waals surface area contributed by atoms with E-state index in [1.807, 2.05) is 99.8 Å². The van der Waals surface area contributed by atoms with Crippen molar-refractivity contribution in [3.63, 3.8) is 0 Å². The summed E-state index contributed by atoms with van der Waals surface area (Å²) in [5.41, 5.74) is 6.11. The Kier molecular flexibility index (Phi) is 13.5. The van der Waals surface area contributed by atoms with Crippen LogP contribution in [-0.2, 0) is 42.7 Å². The maximum atomic E-state index is 14.0. The third-order valence-electron chi connectivity index (χ3n) is 9.26. The molecule has 0 spiro atoms. The van der Waals surface area contributed by atoms with E-state index in [0.29, 0.717) is 61.8 Å². The average Bonchev–Trinajstić information content (AvgIpc) is 3.64. The molecule has 294 valence electrons. The predicted octanol–water partition coefficient (Wildman–Crippen LogP) is 8.83. The number of aliphatic hydroxyl groups is 1. The number of halogens is 1. The smallest absolute Gasteiger partial charge is 0.410 e. The first-order chi connectivity index (χ1) is 26.2. The van der Waals surface area contributed by atoms with E-state index in [0.717, 1.165) is 49.5 Å². The summed E-state index contributed by atoms with van der Waals surface area (Å²) < 4.78 is 27.3. The van der Waals surface area contributed by atoms with Gasteiger partial charge in [0, 0.05) is 48.7 Å². The number of hydrogen-bond acceptors (Lipinski definition) is 8. The summed E-state index contributed by atoms with van der Waals surface area (Å²) in [4.78, 5) is 28.4. The molecule has 1 amide bonds.